The third kappa shape index (κ3) is 1.82. The van der Waals surface area contributed by atoms with Crippen molar-refractivity contribution < 1.29 is 4.52 Å². The monoisotopic (exact) mass is 192 g/mol. The summed E-state index contributed by atoms with van der Waals surface area (Å²) in [5.41, 5.74) is 6.52. The fourth-order valence-corrected chi connectivity index (χ4v) is 1.20. The van der Waals surface area contributed by atoms with E-state index in [0.717, 1.165) is 5.56 Å². The van der Waals surface area contributed by atoms with Gasteiger partial charge in [0.15, 0.2) is 5.82 Å². The molecule has 0 bridgehead atoms. The van der Waals surface area contributed by atoms with Crippen LogP contribution in [-0.4, -0.2) is 21.2 Å². The van der Waals surface area contributed by atoms with E-state index in [2.05, 4.69) is 15.1 Å². The Hall–Kier alpha value is -1.62. The number of H-pyrrole nitrogens is 1. The first-order valence-corrected chi connectivity index (χ1v) is 4.47. The molecule has 0 saturated carbocycles. The molecule has 0 radical (unpaired) electrons. The van der Waals surface area contributed by atoms with Crippen LogP contribution >= 0.6 is 0 Å². The molecule has 14 heavy (non-hydrogen) atoms. The molecule has 74 valence electrons. The minimum atomic E-state index is 0.0478. The number of rotatable bonds is 3. The first-order valence-electron chi connectivity index (χ1n) is 4.47. The fourth-order valence-electron chi connectivity index (χ4n) is 1.20. The molecule has 0 aliphatic carbocycles. The summed E-state index contributed by atoms with van der Waals surface area (Å²) in [5.74, 6) is 1.18. The van der Waals surface area contributed by atoms with Crippen molar-refractivity contribution in [1.29, 1.82) is 0 Å². The van der Waals surface area contributed by atoms with Crippen LogP contribution in [-0.2, 0) is 6.42 Å². The number of hydrogen-bond donors (Lipinski definition) is 2. The van der Waals surface area contributed by atoms with E-state index in [-0.39, 0.29) is 6.04 Å². The first kappa shape index (κ1) is 8.96. The lowest BCUT2D eigenvalue weighted by Gasteiger charge is -1.96. The molecular formula is C9H12N4O. The van der Waals surface area contributed by atoms with Crippen LogP contribution in [0.3, 0.4) is 0 Å². The lowest BCUT2D eigenvalue weighted by atomic mass is 10.2. The van der Waals surface area contributed by atoms with Crippen molar-refractivity contribution in [1.82, 2.24) is 15.1 Å². The second-order valence-corrected chi connectivity index (χ2v) is 3.30. The van der Waals surface area contributed by atoms with E-state index in [1.165, 1.54) is 0 Å². The van der Waals surface area contributed by atoms with Gasteiger partial charge in [0.2, 0.25) is 0 Å². The molecule has 0 aromatic carbocycles. The molecule has 2 rings (SSSR count). The second-order valence-electron chi connectivity index (χ2n) is 3.30. The van der Waals surface area contributed by atoms with Crippen molar-refractivity contribution in [3.63, 3.8) is 0 Å². The maximum Gasteiger partial charge on any atom is 0.259 e. The number of aromatic amines is 1. The average Bonchev–Trinajstić information content (AvgIpc) is 2.69. The number of nitrogens with zero attached hydrogens (tertiary/aromatic N) is 2. The zero-order chi connectivity index (χ0) is 9.97. The molecule has 5 heteroatoms. The van der Waals surface area contributed by atoms with Crippen LogP contribution in [0, 0.1) is 0 Å². The van der Waals surface area contributed by atoms with E-state index < -0.39 is 0 Å². The largest absolute Gasteiger partial charge is 0.367 e. The molecular weight excluding hydrogens is 180 g/mol. The van der Waals surface area contributed by atoms with E-state index in [1.54, 1.807) is 0 Å². The zero-order valence-corrected chi connectivity index (χ0v) is 7.90. The molecule has 3 N–H and O–H groups in total. The summed E-state index contributed by atoms with van der Waals surface area (Å²) in [5, 5.41) is 3.83. The lowest BCUT2D eigenvalue weighted by molar-refractivity contribution is 0.420. The van der Waals surface area contributed by atoms with Gasteiger partial charge in [0.1, 0.15) is 0 Å². The topological polar surface area (TPSA) is 80.7 Å². The van der Waals surface area contributed by atoms with Crippen LogP contribution in [0.2, 0.25) is 0 Å². The Morgan fingerprint density at radius 3 is 3.14 bits per heavy atom. The Balaban J connectivity index is 2.18. The van der Waals surface area contributed by atoms with Gasteiger partial charge in [-0.25, -0.2) is 0 Å². The van der Waals surface area contributed by atoms with Crippen LogP contribution in [0.25, 0.3) is 11.5 Å². The summed E-state index contributed by atoms with van der Waals surface area (Å²) in [6.45, 7) is 1.91. The summed E-state index contributed by atoms with van der Waals surface area (Å²) >= 11 is 0. The van der Waals surface area contributed by atoms with Crippen LogP contribution in [0.5, 0.6) is 0 Å². The van der Waals surface area contributed by atoms with Gasteiger partial charge in [-0.2, -0.15) is 4.98 Å². The number of hydrogen-bond acceptors (Lipinski definition) is 4. The van der Waals surface area contributed by atoms with Crippen molar-refractivity contribution in [3.05, 3.63) is 24.3 Å². The van der Waals surface area contributed by atoms with Crippen LogP contribution in [0.15, 0.2) is 23.0 Å². The Kier molecular flexibility index (Phi) is 2.32. The summed E-state index contributed by atoms with van der Waals surface area (Å²) in [4.78, 5) is 7.14. The number of aromatic nitrogens is 3. The fraction of sp³-hybridized carbons (Fsp3) is 0.333. The van der Waals surface area contributed by atoms with Crippen molar-refractivity contribution in [2.24, 2.45) is 5.73 Å². The highest BCUT2D eigenvalue weighted by Gasteiger charge is 2.09. The van der Waals surface area contributed by atoms with Crippen molar-refractivity contribution in [2.45, 2.75) is 19.4 Å². The standard InChI is InChI=1S/C9H12N4O/c1-6(10)4-8-12-9(14-13-8)7-2-3-11-5-7/h2-3,5-6,11H,4,10H2,1H3. The zero-order valence-electron chi connectivity index (χ0n) is 7.90. The molecule has 0 aliphatic rings. The predicted molar refractivity (Wildman–Crippen MR) is 51.4 cm³/mol. The van der Waals surface area contributed by atoms with Gasteiger partial charge in [0, 0.05) is 24.9 Å². The molecule has 0 spiro atoms. The van der Waals surface area contributed by atoms with Gasteiger partial charge >= 0.3 is 0 Å². The van der Waals surface area contributed by atoms with Crippen molar-refractivity contribution >= 4 is 0 Å². The van der Waals surface area contributed by atoms with Gasteiger partial charge in [-0.15, -0.1) is 0 Å². The van der Waals surface area contributed by atoms with E-state index in [4.69, 9.17) is 10.3 Å². The molecule has 2 aromatic heterocycles. The highest BCUT2D eigenvalue weighted by Crippen LogP contribution is 2.15. The van der Waals surface area contributed by atoms with Gasteiger partial charge in [-0.1, -0.05) is 5.16 Å². The summed E-state index contributed by atoms with van der Waals surface area (Å²) in [7, 11) is 0. The van der Waals surface area contributed by atoms with Gasteiger partial charge in [-0.3, -0.25) is 0 Å². The van der Waals surface area contributed by atoms with E-state index in [1.807, 2.05) is 25.4 Å². The minimum absolute atomic E-state index is 0.0478. The first-order chi connectivity index (χ1) is 6.75. The third-order valence-corrected chi connectivity index (χ3v) is 1.82. The van der Waals surface area contributed by atoms with Crippen LogP contribution in [0.1, 0.15) is 12.7 Å². The molecule has 1 unspecified atom stereocenters. The minimum Gasteiger partial charge on any atom is -0.367 e. The molecule has 2 aromatic rings. The SMILES string of the molecule is CC(N)Cc1noc(-c2cc[nH]c2)n1. The van der Waals surface area contributed by atoms with Gasteiger partial charge in [0.05, 0.1) is 5.56 Å². The van der Waals surface area contributed by atoms with E-state index in [9.17, 15) is 0 Å². The Morgan fingerprint density at radius 2 is 2.50 bits per heavy atom. The number of nitrogens with one attached hydrogen (secondary N) is 1. The normalized spacial score (nSPS) is 13.0. The maximum absolute atomic E-state index is 5.62. The van der Waals surface area contributed by atoms with Gasteiger partial charge in [-0.05, 0) is 13.0 Å². The van der Waals surface area contributed by atoms with Gasteiger partial charge in [0.25, 0.3) is 5.89 Å². The average molecular weight is 192 g/mol. The predicted octanol–water partition coefficient (Wildman–Crippen LogP) is 0.954. The smallest absolute Gasteiger partial charge is 0.259 e. The molecule has 0 fully saturated rings. The van der Waals surface area contributed by atoms with Crippen LogP contribution in [0.4, 0.5) is 0 Å². The lowest BCUT2D eigenvalue weighted by Crippen LogP contribution is -2.18. The Labute approximate surface area is 81.3 Å². The molecule has 0 saturated heterocycles. The quantitative estimate of drug-likeness (QED) is 0.758. The Morgan fingerprint density at radius 1 is 1.64 bits per heavy atom. The summed E-state index contributed by atoms with van der Waals surface area (Å²) < 4.78 is 5.07. The summed E-state index contributed by atoms with van der Waals surface area (Å²) in [6, 6.07) is 1.93. The summed E-state index contributed by atoms with van der Waals surface area (Å²) in [6.07, 6.45) is 4.25. The molecule has 1 atom stereocenters. The molecule has 5 nitrogen and oxygen atoms in total. The van der Waals surface area contributed by atoms with Crippen LogP contribution < -0.4 is 5.73 Å². The Bertz CT molecular complexity index is 391. The third-order valence-electron chi connectivity index (χ3n) is 1.82. The van der Waals surface area contributed by atoms with Crippen molar-refractivity contribution in [3.8, 4) is 11.5 Å². The van der Waals surface area contributed by atoms with Gasteiger partial charge < -0.3 is 15.2 Å². The highest BCUT2D eigenvalue weighted by atomic mass is 16.5. The van der Waals surface area contributed by atoms with E-state index >= 15 is 0 Å². The molecule has 0 amide bonds. The second kappa shape index (κ2) is 3.63. The van der Waals surface area contributed by atoms with Crippen molar-refractivity contribution in [2.75, 3.05) is 0 Å². The molecule has 2 heterocycles. The molecule has 0 aliphatic heterocycles. The maximum atomic E-state index is 5.62. The number of nitrogens with two attached hydrogens (primary N) is 1. The van der Waals surface area contributed by atoms with E-state index in [0.29, 0.717) is 18.1 Å². The highest BCUT2D eigenvalue weighted by molar-refractivity contribution is 5.50.